The van der Waals surface area contributed by atoms with Crippen molar-refractivity contribution in [3.63, 3.8) is 0 Å². The number of guanidine groups is 1. The van der Waals surface area contributed by atoms with Crippen molar-refractivity contribution in [3.05, 3.63) is 24.3 Å². The van der Waals surface area contributed by atoms with Crippen molar-refractivity contribution < 1.29 is 9.47 Å². The lowest BCUT2D eigenvalue weighted by molar-refractivity contribution is -0.164. The van der Waals surface area contributed by atoms with Gasteiger partial charge in [-0.05, 0) is 57.4 Å². The first-order chi connectivity index (χ1) is 11.6. The van der Waals surface area contributed by atoms with Gasteiger partial charge in [-0.3, -0.25) is 0 Å². The van der Waals surface area contributed by atoms with E-state index in [-0.39, 0.29) is 11.5 Å². The van der Waals surface area contributed by atoms with Gasteiger partial charge in [0.2, 0.25) is 0 Å². The fourth-order valence-corrected chi connectivity index (χ4v) is 4.61. The molecule has 1 saturated heterocycles. The predicted molar refractivity (Wildman–Crippen MR) is 95.4 cm³/mol. The van der Waals surface area contributed by atoms with Crippen LogP contribution in [0, 0.1) is 11.3 Å². The summed E-state index contributed by atoms with van der Waals surface area (Å²) in [5.74, 6) is 1.94. The number of ether oxygens (including phenoxy) is 2. The van der Waals surface area contributed by atoms with Crippen LogP contribution in [-0.4, -0.2) is 30.8 Å². The monoisotopic (exact) mass is 329 g/mol. The summed E-state index contributed by atoms with van der Waals surface area (Å²) in [4.78, 5) is 4.84. The SMILES string of the molecule is CC(C)Oc1ccc(NC(N)=NC2C3CCOC3C23CCC3)cc1. The molecule has 24 heavy (non-hydrogen) atoms. The summed E-state index contributed by atoms with van der Waals surface area (Å²) < 4.78 is 11.6. The topological polar surface area (TPSA) is 68.9 Å². The van der Waals surface area contributed by atoms with Crippen molar-refractivity contribution in [1.82, 2.24) is 0 Å². The molecule has 5 nitrogen and oxygen atoms in total. The second kappa shape index (κ2) is 5.96. The third-order valence-electron chi connectivity index (χ3n) is 5.76. The first kappa shape index (κ1) is 15.8. The van der Waals surface area contributed by atoms with Crippen LogP contribution in [0.1, 0.15) is 39.5 Å². The molecule has 1 aromatic carbocycles. The Morgan fingerprint density at radius 1 is 1.33 bits per heavy atom. The van der Waals surface area contributed by atoms with Gasteiger partial charge in [-0.2, -0.15) is 0 Å². The standard InChI is InChI=1S/C19H27N3O2/c1-12(2)24-14-6-4-13(5-7-14)21-18(20)22-16-15-8-11-23-17(15)19(16)9-3-10-19/h4-7,12,15-17H,3,8-11H2,1-2H3,(H3,20,21,22). The maximum atomic E-state index is 6.18. The van der Waals surface area contributed by atoms with E-state index in [2.05, 4.69) is 5.32 Å². The fraction of sp³-hybridized carbons (Fsp3) is 0.632. The Labute approximate surface area is 143 Å². The molecule has 2 saturated carbocycles. The molecule has 3 fully saturated rings. The van der Waals surface area contributed by atoms with Crippen molar-refractivity contribution in [2.24, 2.45) is 22.1 Å². The third kappa shape index (κ3) is 2.55. The number of aliphatic imine (C=N–C) groups is 1. The molecule has 2 aliphatic carbocycles. The second-order valence-electron chi connectivity index (χ2n) is 7.61. The van der Waals surface area contributed by atoms with Crippen LogP contribution in [-0.2, 0) is 4.74 Å². The van der Waals surface area contributed by atoms with Crippen LogP contribution in [0.3, 0.4) is 0 Å². The first-order valence-corrected chi connectivity index (χ1v) is 9.07. The minimum atomic E-state index is 0.175. The zero-order valence-corrected chi connectivity index (χ0v) is 14.5. The lowest BCUT2D eigenvalue weighted by Crippen LogP contribution is -2.65. The van der Waals surface area contributed by atoms with Gasteiger partial charge in [0.1, 0.15) is 5.75 Å². The number of nitrogens with one attached hydrogen (secondary N) is 1. The summed E-state index contributed by atoms with van der Waals surface area (Å²) in [5, 5.41) is 3.22. The summed E-state index contributed by atoms with van der Waals surface area (Å²) in [7, 11) is 0. The van der Waals surface area contributed by atoms with Crippen LogP contribution in [0.4, 0.5) is 5.69 Å². The van der Waals surface area contributed by atoms with E-state index in [9.17, 15) is 0 Å². The number of nitrogens with two attached hydrogens (primary N) is 1. The number of rotatable bonds is 4. The van der Waals surface area contributed by atoms with Crippen molar-refractivity contribution in [2.75, 3.05) is 11.9 Å². The molecule has 3 atom stereocenters. The summed E-state index contributed by atoms with van der Waals surface area (Å²) in [6.45, 7) is 4.92. The van der Waals surface area contributed by atoms with Crippen LogP contribution in [0.15, 0.2) is 29.3 Å². The number of hydrogen-bond acceptors (Lipinski definition) is 3. The number of fused-ring (bicyclic) bond motifs is 2. The largest absolute Gasteiger partial charge is 0.491 e. The summed E-state index contributed by atoms with van der Waals surface area (Å²) in [5.41, 5.74) is 7.40. The summed E-state index contributed by atoms with van der Waals surface area (Å²) in [6.07, 6.45) is 5.49. The highest BCUT2D eigenvalue weighted by atomic mass is 16.5. The van der Waals surface area contributed by atoms with Gasteiger partial charge in [0.05, 0.1) is 18.2 Å². The van der Waals surface area contributed by atoms with E-state index in [1.165, 1.54) is 19.3 Å². The number of benzene rings is 1. The second-order valence-corrected chi connectivity index (χ2v) is 7.61. The highest BCUT2D eigenvalue weighted by molar-refractivity contribution is 5.92. The normalized spacial score (nSPS) is 30.6. The average molecular weight is 329 g/mol. The predicted octanol–water partition coefficient (Wildman–Crippen LogP) is 3.16. The average Bonchev–Trinajstić information content (AvgIpc) is 2.90. The highest BCUT2D eigenvalue weighted by Crippen LogP contribution is 2.64. The fourth-order valence-electron chi connectivity index (χ4n) is 4.61. The molecular weight excluding hydrogens is 302 g/mol. The molecule has 1 aromatic rings. The Kier molecular flexibility index (Phi) is 3.91. The minimum Gasteiger partial charge on any atom is -0.491 e. The van der Waals surface area contributed by atoms with E-state index < -0.39 is 0 Å². The van der Waals surface area contributed by atoms with Gasteiger partial charge < -0.3 is 20.5 Å². The molecule has 0 amide bonds. The van der Waals surface area contributed by atoms with Crippen LogP contribution >= 0.6 is 0 Å². The smallest absolute Gasteiger partial charge is 0.193 e. The lowest BCUT2D eigenvalue weighted by Gasteiger charge is -2.61. The van der Waals surface area contributed by atoms with Crippen molar-refractivity contribution in [1.29, 1.82) is 0 Å². The molecular formula is C19H27N3O2. The van der Waals surface area contributed by atoms with Crippen molar-refractivity contribution in [2.45, 2.75) is 57.8 Å². The Bertz CT molecular complexity index is 622. The van der Waals surface area contributed by atoms with E-state index in [1.807, 2.05) is 38.1 Å². The minimum absolute atomic E-state index is 0.175. The maximum Gasteiger partial charge on any atom is 0.193 e. The van der Waals surface area contributed by atoms with Crippen LogP contribution in [0.5, 0.6) is 5.75 Å². The Balaban J connectivity index is 1.42. The molecule has 0 radical (unpaired) electrons. The van der Waals surface area contributed by atoms with Crippen LogP contribution < -0.4 is 15.8 Å². The summed E-state index contributed by atoms with van der Waals surface area (Å²) >= 11 is 0. The van der Waals surface area contributed by atoms with Gasteiger partial charge in [0.15, 0.2) is 5.96 Å². The van der Waals surface area contributed by atoms with E-state index in [4.69, 9.17) is 20.2 Å². The molecule has 3 aliphatic rings. The van der Waals surface area contributed by atoms with Crippen LogP contribution in [0.2, 0.25) is 0 Å². The van der Waals surface area contributed by atoms with Gasteiger partial charge in [0, 0.05) is 23.6 Å². The van der Waals surface area contributed by atoms with E-state index in [0.29, 0.717) is 24.0 Å². The molecule has 4 rings (SSSR count). The Morgan fingerprint density at radius 2 is 2.08 bits per heavy atom. The number of hydrogen-bond donors (Lipinski definition) is 2. The zero-order valence-electron chi connectivity index (χ0n) is 14.5. The first-order valence-electron chi connectivity index (χ1n) is 9.07. The van der Waals surface area contributed by atoms with Crippen molar-refractivity contribution in [3.8, 4) is 5.75 Å². The molecule has 3 N–H and O–H groups in total. The highest BCUT2D eigenvalue weighted by Gasteiger charge is 2.66. The number of anilines is 1. The van der Waals surface area contributed by atoms with E-state index in [1.54, 1.807) is 0 Å². The molecule has 3 unspecified atom stereocenters. The quantitative estimate of drug-likeness (QED) is 0.658. The van der Waals surface area contributed by atoms with Gasteiger partial charge in [-0.15, -0.1) is 0 Å². The zero-order chi connectivity index (χ0) is 16.7. The van der Waals surface area contributed by atoms with E-state index in [0.717, 1.165) is 24.5 Å². The summed E-state index contributed by atoms with van der Waals surface area (Å²) in [6, 6.07) is 8.18. The Morgan fingerprint density at radius 3 is 2.71 bits per heavy atom. The van der Waals surface area contributed by atoms with Gasteiger partial charge in [-0.25, -0.2) is 4.99 Å². The molecule has 0 bridgehead atoms. The van der Waals surface area contributed by atoms with Crippen molar-refractivity contribution >= 4 is 11.6 Å². The molecule has 5 heteroatoms. The molecule has 1 spiro atoms. The van der Waals surface area contributed by atoms with Gasteiger partial charge in [0.25, 0.3) is 0 Å². The maximum absolute atomic E-state index is 6.18. The van der Waals surface area contributed by atoms with E-state index >= 15 is 0 Å². The lowest BCUT2D eigenvalue weighted by atomic mass is 9.46. The van der Waals surface area contributed by atoms with Gasteiger partial charge in [-0.1, -0.05) is 6.42 Å². The third-order valence-corrected chi connectivity index (χ3v) is 5.76. The Hall–Kier alpha value is -1.75. The molecule has 0 aromatic heterocycles. The molecule has 1 aliphatic heterocycles. The number of nitrogens with zero attached hydrogens (tertiary/aromatic N) is 1. The molecule has 130 valence electrons. The van der Waals surface area contributed by atoms with Crippen LogP contribution in [0.25, 0.3) is 0 Å². The van der Waals surface area contributed by atoms with Gasteiger partial charge >= 0.3 is 0 Å². The molecule has 1 heterocycles.